The van der Waals surface area contributed by atoms with Gasteiger partial charge in [0.25, 0.3) is 0 Å². The third-order valence-corrected chi connectivity index (χ3v) is 2.98. The highest BCUT2D eigenvalue weighted by Gasteiger charge is 2.27. The second kappa shape index (κ2) is 6.91. The van der Waals surface area contributed by atoms with E-state index in [-0.39, 0.29) is 18.8 Å². The van der Waals surface area contributed by atoms with Gasteiger partial charge in [-0.1, -0.05) is 29.8 Å². The van der Waals surface area contributed by atoms with Gasteiger partial charge in [0.1, 0.15) is 0 Å². The van der Waals surface area contributed by atoms with Gasteiger partial charge in [-0.05, 0) is 26.5 Å². The van der Waals surface area contributed by atoms with Crippen molar-refractivity contribution in [1.29, 1.82) is 0 Å². The molecule has 2 nitrogen and oxygen atoms in total. The molecule has 1 N–H and O–H groups in total. The van der Waals surface area contributed by atoms with Gasteiger partial charge >= 0.3 is 6.18 Å². The minimum Gasteiger partial charge on any atom is -0.376 e. The lowest BCUT2D eigenvalue weighted by atomic mass is 10.0. The van der Waals surface area contributed by atoms with Crippen molar-refractivity contribution in [2.24, 2.45) is 0 Å². The Kier molecular flexibility index (Phi) is 5.82. The van der Waals surface area contributed by atoms with Gasteiger partial charge in [-0.3, -0.25) is 0 Å². The molecule has 1 rings (SSSR count). The molecule has 0 saturated heterocycles. The van der Waals surface area contributed by atoms with Crippen LogP contribution >= 0.6 is 0 Å². The summed E-state index contributed by atoms with van der Waals surface area (Å²) >= 11 is 0. The first-order valence-electron chi connectivity index (χ1n) is 6.25. The summed E-state index contributed by atoms with van der Waals surface area (Å²) in [6.07, 6.45) is -5.41. The Morgan fingerprint density at radius 1 is 1.21 bits per heavy atom. The molecular formula is C14H20F3NO. The highest BCUT2D eigenvalue weighted by Crippen LogP contribution is 2.22. The molecule has 5 heteroatoms. The molecule has 0 aliphatic heterocycles. The van der Waals surface area contributed by atoms with E-state index in [0.717, 1.165) is 11.1 Å². The first-order valence-corrected chi connectivity index (χ1v) is 6.25. The van der Waals surface area contributed by atoms with Crippen molar-refractivity contribution < 1.29 is 17.9 Å². The van der Waals surface area contributed by atoms with Gasteiger partial charge in [-0.15, -0.1) is 0 Å². The number of hydrogen-bond acceptors (Lipinski definition) is 2. The molecule has 0 radical (unpaired) electrons. The first kappa shape index (κ1) is 16.0. The van der Waals surface area contributed by atoms with Crippen LogP contribution in [0.15, 0.2) is 24.3 Å². The highest BCUT2D eigenvalue weighted by molar-refractivity contribution is 5.24. The summed E-state index contributed by atoms with van der Waals surface area (Å²) in [5.41, 5.74) is 2.15. The Hall–Kier alpha value is -1.07. The fraction of sp³-hybridized carbons (Fsp3) is 0.571. The minimum absolute atomic E-state index is 0.117. The van der Waals surface area contributed by atoms with Crippen LogP contribution in [0.1, 0.15) is 30.5 Å². The van der Waals surface area contributed by atoms with Crippen LogP contribution in [0.25, 0.3) is 0 Å². The highest BCUT2D eigenvalue weighted by atomic mass is 19.4. The quantitative estimate of drug-likeness (QED) is 0.856. The van der Waals surface area contributed by atoms with Gasteiger partial charge < -0.3 is 10.1 Å². The fourth-order valence-electron chi connectivity index (χ4n) is 1.90. The zero-order chi connectivity index (χ0) is 14.5. The summed E-state index contributed by atoms with van der Waals surface area (Å²) in [7, 11) is 1.77. The summed E-state index contributed by atoms with van der Waals surface area (Å²) in [6.45, 7) is 3.45. The Morgan fingerprint density at radius 2 is 1.79 bits per heavy atom. The zero-order valence-electron chi connectivity index (χ0n) is 11.4. The number of aryl methyl sites for hydroxylation is 1. The summed E-state index contributed by atoms with van der Waals surface area (Å²) in [6, 6.07) is 7.75. The van der Waals surface area contributed by atoms with Crippen LogP contribution in [0.4, 0.5) is 13.2 Å². The molecule has 0 aliphatic carbocycles. The maximum atomic E-state index is 12.1. The third-order valence-electron chi connectivity index (χ3n) is 2.98. The second-order valence-electron chi connectivity index (χ2n) is 4.62. The van der Waals surface area contributed by atoms with Crippen molar-refractivity contribution in [3.8, 4) is 0 Å². The molecule has 0 fully saturated rings. The maximum absolute atomic E-state index is 12.1. The first-order chi connectivity index (χ1) is 8.83. The van der Waals surface area contributed by atoms with Crippen LogP contribution in [-0.4, -0.2) is 25.9 Å². The number of nitrogens with one attached hydrogen (secondary N) is 1. The topological polar surface area (TPSA) is 21.3 Å². The van der Waals surface area contributed by atoms with E-state index in [9.17, 15) is 13.2 Å². The zero-order valence-corrected chi connectivity index (χ0v) is 11.4. The molecule has 0 saturated carbocycles. The van der Waals surface area contributed by atoms with E-state index in [1.54, 1.807) is 14.0 Å². The Balaban J connectivity index is 2.57. The van der Waals surface area contributed by atoms with Gasteiger partial charge in [-0.2, -0.15) is 13.2 Å². The Morgan fingerprint density at radius 3 is 2.26 bits per heavy atom. The molecule has 19 heavy (non-hydrogen) atoms. The summed E-state index contributed by atoms with van der Waals surface area (Å²) < 4.78 is 41.5. The van der Waals surface area contributed by atoms with Crippen molar-refractivity contribution in [2.75, 3.05) is 13.7 Å². The number of likely N-dealkylation sites (N-methyl/N-ethyl adjacent to an activating group) is 1. The fourth-order valence-corrected chi connectivity index (χ4v) is 1.90. The molecule has 2 atom stereocenters. The van der Waals surface area contributed by atoms with Gasteiger partial charge in [0.15, 0.2) is 0 Å². The molecular weight excluding hydrogens is 255 g/mol. The Bertz CT molecular complexity index is 375. The molecule has 1 aromatic rings. The maximum Gasteiger partial charge on any atom is 0.391 e. The van der Waals surface area contributed by atoms with E-state index < -0.39 is 12.6 Å². The van der Waals surface area contributed by atoms with Crippen LogP contribution in [-0.2, 0) is 4.74 Å². The molecule has 0 spiro atoms. The van der Waals surface area contributed by atoms with Crippen molar-refractivity contribution in [3.05, 3.63) is 35.4 Å². The van der Waals surface area contributed by atoms with E-state index in [1.807, 2.05) is 31.2 Å². The van der Waals surface area contributed by atoms with E-state index in [0.29, 0.717) is 0 Å². The SMILES string of the molecule is CNC(c1ccc(C)cc1)C(C)OCCC(F)(F)F. The molecule has 0 aliphatic rings. The van der Waals surface area contributed by atoms with Gasteiger partial charge in [-0.25, -0.2) is 0 Å². The van der Waals surface area contributed by atoms with Crippen molar-refractivity contribution >= 4 is 0 Å². The van der Waals surface area contributed by atoms with Crippen LogP contribution < -0.4 is 5.32 Å². The Labute approximate surface area is 112 Å². The number of halogens is 3. The molecule has 0 aromatic heterocycles. The number of alkyl halides is 3. The predicted octanol–water partition coefficient (Wildman–Crippen LogP) is 3.61. The molecule has 108 valence electrons. The van der Waals surface area contributed by atoms with Crippen LogP contribution in [0.5, 0.6) is 0 Å². The van der Waals surface area contributed by atoms with Crippen LogP contribution in [0, 0.1) is 6.92 Å². The molecule has 0 heterocycles. The minimum atomic E-state index is -4.17. The molecule has 0 bridgehead atoms. The normalized spacial score (nSPS) is 15.3. The van der Waals surface area contributed by atoms with Crippen molar-refractivity contribution in [2.45, 2.75) is 38.6 Å². The van der Waals surface area contributed by atoms with Gasteiger partial charge in [0.05, 0.1) is 25.2 Å². The van der Waals surface area contributed by atoms with E-state index in [4.69, 9.17) is 4.74 Å². The van der Waals surface area contributed by atoms with E-state index >= 15 is 0 Å². The van der Waals surface area contributed by atoms with Crippen LogP contribution in [0.2, 0.25) is 0 Å². The monoisotopic (exact) mass is 275 g/mol. The van der Waals surface area contributed by atoms with Gasteiger partial charge in [0, 0.05) is 0 Å². The largest absolute Gasteiger partial charge is 0.391 e. The lowest BCUT2D eigenvalue weighted by molar-refractivity contribution is -0.149. The molecule has 2 unspecified atom stereocenters. The van der Waals surface area contributed by atoms with E-state index in [1.165, 1.54) is 0 Å². The summed E-state index contributed by atoms with van der Waals surface area (Å²) in [4.78, 5) is 0. The third kappa shape index (κ3) is 5.61. The summed E-state index contributed by atoms with van der Waals surface area (Å²) in [5.74, 6) is 0. The summed E-state index contributed by atoms with van der Waals surface area (Å²) in [5, 5.41) is 3.08. The molecule has 0 amide bonds. The van der Waals surface area contributed by atoms with E-state index in [2.05, 4.69) is 5.32 Å². The smallest absolute Gasteiger partial charge is 0.376 e. The van der Waals surface area contributed by atoms with Crippen molar-refractivity contribution in [3.63, 3.8) is 0 Å². The number of ether oxygens (including phenoxy) is 1. The second-order valence-corrected chi connectivity index (χ2v) is 4.62. The average Bonchev–Trinajstić information content (AvgIpc) is 2.31. The van der Waals surface area contributed by atoms with Crippen molar-refractivity contribution in [1.82, 2.24) is 5.32 Å². The average molecular weight is 275 g/mol. The molecule has 1 aromatic carbocycles. The standard InChI is InChI=1S/C14H20F3NO/c1-10-4-6-12(7-5-10)13(18-3)11(2)19-9-8-14(15,16)17/h4-7,11,13,18H,8-9H2,1-3H3. The predicted molar refractivity (Wildman–Crippen MR) is 69.1 cm³/mol. The lowest BCUT2D eigenvalue weighted by Gasteiger charge is -2.24. The van der Waals surface area contributed by atoms with Crippen LogP contribution in [0.3, 0.4) is 0 Å². The number of rotatable bonds is 6. The number of benzene rings is 1. The lowest BCUT2D eigenvalue weighted by Crippen LogP contribution is -2.30. The van der Waals surface area contributed by atoms with Gasteiger partial charge in [0.2, 0.25) is 0 Å². The number of hydrogen-bond donors (Lipinski definition) is 1.